The van der Waals surface area contributed by atoms with Gasteiger partial charge in [-0.25, -0.2) is 4.57 Å². The third kappa shape index (κ3) is 21.3. The predicted octanol–water partition coefficient (Wildman–Crippen LogP) is 0.205. The number of aliphatic carboxylic acids is 2. The highest BCUT2D eigenvalue weighted by molar-refractivity contribution is 7.49. The molecule has 0 spiro atoms. The van der Waals surface area contributed by atoms with Gasteiger partial charge in [0.2, 0.25) is 53.2 Å². The Bertz CT molecular complexity index is 2460. The number of carbonyl (C=O) groups excluding carboxylic acids is 9. The highest BCUT2D eigenvalue weighted by atomic mass is 31.2. The van der Waals surface area contributed by atoms with E-state index in [0.29, 0.717) is 12.8 Å². The third-order valence-corrected chi connectivity index (χ3v) is 14.0. The van der Waals surface area contributed by atoms with Gasteiger partial charge in [-0.15, -0.1) is 0 Å². The second-order valence-electron chi connectivity index (χ2n) is 19.5. The second kappa shape index (κ2) is 31.7. The zero-order chi connectivity index (χ0) is 59.1. The van der Waals surface area contributed by atoms with Crippen LogP contribution in [0.4, 0.5) is 0 Å². The van der Waals surface area contributed by atoms with Crippen LogP contribution in [-0.2, 0) is 61.8 Å². The van der Waals surface area contributed by atoms with Gasteiger partial charge in [-0.2, -0.15) is 0 Å². The van der Waals surface area contributed by atoms with Gasteiger partial charge < -0.3 is 72.8 Å². The molecule has 79 heavy (non-hydrogen) atoms. The maximum atomic E-state index is 14.6. The number of amides is 9. The van der Waals surface area contributed by atoms with Gasteiger partial charge in [0.1, 0.15) is 53.8 Å². The van der Waals surface area contributed by atoms with Crippen molar-refractivity contribution < 1.29 is 81.1 Å². The number of hydrogen-bond acceptors (Lipinski definition) is 16. The number of phosphoric ester groups is 1. The SMILES string of the molecule is CC[C@H](C)[C@H](N)C(=O)N[C@H](C(=O)N1CCC[C@@H]1C(=O)N[C@@H](CC(N)=O)C(=O)N[C@@H](COP(=O)(Oc1ccccc1)Oc1ccccc1)C(=O)N[C@H](C(=O)N[C@@H](CCC(=O)O)C(=O)N[C@@H](CCC(=O)O)C(=O)NC)C(C)C)C(C)C. The highest BCUT2D eigenvalue weighted by Crippen LogP contribution is 2.49. The van der Waals surface area contributed by atoms with Gasteiger partial charge in [0.25, 0.3) is 0 Å². The number of rotatable bonds is 33. The van der Waals surface area contributed by atoms with E-state index in [0.717, 1.165) is 0 Å². The van der Waals surface area contributed by atoms with Gasteiger partial charge in [0, 0.05) is 26.4 Å². The number of hydrogen-bond donors (Lipinski definition) is 11. The van der Waals surface area contributed by atoms with Crippen LogP contribution in [0.15, 0.2) is 60.7 Å². The molecule has 9 atom stereocenters. The molecule has 1 fully saturated rings. The third-order valence-electron chi connectivity index (χ3n) is 12.7. The summed E-state index contributed by atoms with van der Waals surface area (Å²) in [5.41, 5.74) is 11.7. The van der Waals surface area contributed by atoms with Crippen molar-refractivity contribution >= 4 is 72.9 Å². The van der Waals surface area contributed by atoms with Crippen molar-refractivity contribution in [1.82, 2.24) is 42.1 Å². The first-order valence-electron chi connectivity index (χ1n) is 25.8. The average Bonchev–Trinajstić information content (AvgIpc) is 3.91. The topological polar surface area (TPSA) is 412 Å². The molecule has 1 aliphatic rings. The van der Waals surface area contributed by atoms with E-state index in [4.69, 9.17) is 25.0 Å². The predicted molar refractivity (Wildman–Crippen MR) is 283 cm³/mol. The van der Waals surface area contributed by atoms with Crippen molar-refractivity contribution in [1.29, 1.82) is 0 Å². The first-order valence-corrected chi connectivity index (χ1v) is 27.2. The van der Waals surface area contributed by atoms with Crippen LogP contribution in [0, 0.1) is 17.8 Å². The van der Waals surface area contributed by atoms with Gasteiger partial charge in [-0.05, 0) is 67.7 Å². The fourth-order valence-electron chi connectivity index (χ4n) is 7.92. The van der Waals surface area contributed by atoms with Gasteiger partial charge in [0.15, 0.2) is 0 Å². The number of carboxylic acids is 2. The quantitative estimate of drug-likeness (QED) is 0.0425. The Hall–Kier alpha value is -7.64. The molecule has 1 heterocycles. The van der Waals surface area contributed by atoms with Crippen molar-refractivity contribution in [2.24, 2.45) is 29.2 Å². The molecule has 9 amide bonds. The van der Waals surface area contributed by atoms with Crippen molar-refractivity contribution in [3.63, 3.8) is 0 Å². The maximum Gasteiger partial charge on any atom is 0.587 e. The lowest BCUT2D eigenvalue weighted by molar-refractivity contribution is -0.143. The largest absolute Gasteiger partial charge is 0.587 e. The summed E-state index contributed by atoms with van der Waals surface area (Å²) in [5.74, 6) is -12.8. The van der Waals surface area contributed by atoms with Crippen LogP contribution in [0.5, 0.6) is 11.5 Å². The number of nitrogens with zero attached hydrogens (tertiary/aromatic N) is 1. The number of carboxylic acid groups (broad SMARTS) is 2. The number of phosphoric acid groups is 1. The molecule has 0 radical (unpaired) electrons. The number of primary amides is 1. The first kappa shape index (κ1) is 65.6. The van der Waals surface area contributed by atoms with Crippen molar-refractivity contribution in [2.45, 2.75) is 141 Å². The zero-order valence-corrected chi connectivity index (χ0v) is 46.2. The molecule has 2 aromatic rings. The van der Waals surface area contributed by atoms with E-state index in [1.807, 2.05) is 6.92 Å². The standard InChI is InChI=1S/C51H75N10O17P/c1-8-30(6)41(53)49(72)60-43(29(4)5)51(74)61-25-15-20-37(61)48(71)57-35(26-38(52)62)46(69)58-36(27-76-79(75,77-31-16-11-9-12-17-31)78-32-18-13-10-14-19-32)47(70)59-42(28(2)3)50(73)56-34(22-24-40(65)66)45(68)55-33(44(67)54-7)21-23-39(63)64/h9-14,16-19,28-30,33-37,41-43H,8,15,20-27,53H2,1-7H3,(H2,52,62)(H,54,67)(H,55,68)(H,56,73)(H,57,71)(H,58,69)(H,59,70)(H,60,72)(H,63,64)(H,65,66)/t30-,33-,34-,35-,36-,37+,41-,42-,43-/m0/s1. The Morgan fingerprint density at radius 3 is 1.59 bits per heavy atom. The van der Waals surface area contributed by atoms with E-state index in [-0.39, 0.29) is 36.8 Å². The van der Waals surface area contributed by atoms with Crippen LogP contribution >= 0.6 is 7.82 Å². The van der Waals surface area contributed by atoms with E-state index < -0.39 is 165 Å². The summed E-state index contributed by atoms with van der Waals surface area (Å²) >= 11 is 0. The fraction of sp³-hybridized carbons (Fsp3) is 0.549. The molecule has 2 aromatic carbocycles. The molecular formula is C51H75N10O17P. The van der Waals surface area contributed by atoms with Gasteiger partial charge in [-0.1, -0.05) is 84.4 Å². The molecule has 0 saturated carbocycles. The highest BCUT2D eigenvalue weighted by Gasteiger charge is 2.42. The van der Waals surface area contributed by atoms with Crippen molar-refractivity contribution in [3.05, 3.63) is 60.7 Å². The van der Waals surface area contributed by atoms with E-state index in [2.05, 4.69) is 37.2 Å². The van der Waals surface area contributed by atoms with E-state index in [9.17, 15) is 67.5 Å². The monoisotopic (exact) mass is 1130 g/mol. The Balaban J connectivity index is 2.03. The molecular weight excluding hydrogens is 1060 g/mol. The van der Waals surface area contributed by atoms with Crippen molar-refractivity contribution in [2.75, 3.05) is 20.2 Å². The number of para-hydroxylation sites is 2. The lowest BCUT2D eigenvalue weighted by atomic mass is 9.97. The summed E-state index contributed by atoms with van der Waals surface area (Å²) in [6, 6.07) is 3.27. The average molecular weight is 1130 g/mol. The van der Waals surface area contributed by atoms with Crippen LogP contribution < -0.4 is 57.7 Å². The van der Waals surface area contributed by atoms with E-state index in [1.54, 1.807) is 57.2 Å². The summed E-state index contributed by atoms with van der Waals surface area (Å²) < 4.78 is 31.6. The van der Waals surface area contributed by atoms with Crippen LogP contribution in [0.1, 0.15) is 92.9 Å². The lowest BCUT2D eigenvalue weighted by Gasteiger charge is -2.32. The minimum atomic E-state index is -4.87. The molecule has 0 aliphatic carbocycles. The van der Waals surface area contributed by atoms with E-state index in [1.165, 1.54) is 50.1 Å². The van der Waals surface area contributed by atoms with Crippen LogP contribution in [0.3, 0.4) is 0 Å². The fourth-order valence-corrected chi connectivity index (χ4v) is 9.15. The number of likely N-dealkylation sites (N-methyl/N-ethyl adjacent to an activating group) is 1. The Kier molecular flexibility index (Phi) is 26.3. The Labute approximate surface area is 457 Å². The molecule has 27 nitrogen and oxygen atoms in total. The molecule has 3 rings (SSSR count). The number of benzene rings is 2. The van der Waals surface area contributed by atoms with Crippen LogP contribution in [-0.4, -0.2) is 149 Å². The van der Waals surface area contributed by atoms with Gasteiger partial charge in [-0.3, -0.25) is 57.3 Å². The molecule has 0 bridgehead atoms. The zero-order valence-electron chi connectivity index (χ0n) is 45.3. The van der Waals surface area contributed by atoms with Crippen molar-refractivity contribution in [3.8, 4) is 11.5 Å². The van der Waals surface area contributed by atoms with Crippen LogP contribution in [0.2, 0.25) is 0 Å². The minimum Gasteiger partial charge on any atom is -0.481 e. The van der Waals surface area contributed by atoms with E-state index >= 15 is 0 Å². The molecule has 1 saturated heterocycles. The molecule has 28 heteroatoms. The Morgan fingerprint density at radius 1 is 0.646 bits per heavy atom. The number of nitrogens with two attached hydrogens (primary N) is 2. The summed E-state index contributed by atoms with van der Waals surface area (Å²) in [4.78, 5) is 147. The molecule has 13 N–H and O–H groups in total. The molecule has 0 unspecified atom stereocenters. The summed E-state index contributed by atoms with van der Waals surface area (Å²) in [7, 11) is -3.63. The number of carbonyl (C=O) groups is 11. The smallest absolute Gasteiger partial charge is 0.481 e. The molecule has 0 aromatic heterocycles. The number of nitrogens with one attached hydrogen (secondary N) is 7. The van der Waals surface area contributed by atoms with Gasteiger partial charge in [0.05, 0.1) is 19.1 Å². The minimum absolute atomic E-state index is 0.0196. The summed E-state index contributed by atoms with van der Waals surface area (Å²) in [6.45, 7) is 8.98. The normalized spacial score (nSPS) is 16.3. The van der Waals surface area contributed by atoms with Gasteiger partial charge >= 0.3 is 19.8 Å². The second-order valence-corrected chi connectivity index (χ2v) is 21.0. The Morgan fingerprint density at radius 2 is 1.11 bits per heavy atom. The molecule has 436 valence electrons. The number of likely N-dealkylation sites (tertiary alicyclic amines) is 1. The molecule has 1 aliphatic heterocycles. The first-order chi connectivity index (χ1) is 37.2. The summed E-state index contributed by atoms with van der Waals surface area (Å²) in [5, 5.41) is 35.6. The summed E-state index contributed by atoms with van der Waals surface area (Å²) in [6.07, 6.45) is -2.00. The maximum absolute atomic E-state index is 14.6. The lowest BCUT2D eigenvalue weighted by Crippen LogP contribution is -2.62. The van der Waals surface area contributed by atoms with Crippen LogP contribution in [0.25, 0.3) is 0 Å².